The van der Waals surface area contributed by atoms with Crippen LogP contribution in [0.1, 0.15) is 30.4 Å². The molecule has 1 aromatic heterocycles. The molecule has 1 aromatic carbocycles. The van der Waals surface area contributed by atoms with E-state index in [1.165, 1.54) is 4.90 Å². The first-order valence-electron chi connectivity index (χ1n) is 8.96. The number of hydrogen-bond acceptors (Lipinski definition) is 2. The number of benzene rings is 1. The number of rotatable bonds is 7. The number of aromatic amines is 1. The molecule has 1 aliphatic heterocycles. The molecule has 3 rings (SSSR count). The second-order valence-corrected chi connectivity index (χ2v) is 6.71. The van der Waals surface area contributed by atoms with Crippen LogP contribution >= 0.6 is 0 Å². The number of allylic oxidation sites excluding steroid dienone is 1. The molecule has 2 aromatic rings. The van der Waals surface area contributed by atoms with Gasteiger partial charge in [-0.2, -0.15) is 0 Å². The topological polar surface area (TPSA) is 45.3 Å². The number of para-hydroxylation sites is 1. The lowest BCUT2D eigenvalue weighted by Crippen LogP contribution is -2.41. The number of amides is 1. The van der Waals surface area contributed by atoms with Gasteiger partial charge in [-0.1, -0.05) is 18.2 Å². The fourth-order valence-corrected chi connectivity index (χ4v) is 3.38. The molecule has 0 radical (unpaired) electrons. The lowest BCUT2D eigenvalue weighted by molar-refractivity contribution is -0.134. The van der Waals surface area contributed by atoms with Crippen LogP contribution in [0.15, 0.2) is 36.7 Å². The van der Waals surface area contributed by atoms with Crippen LogP contribution < -0.4 is 0 Å². The highest BCUT2D eigenvalue weighted by Gasteiger charge is 2.23. The molecule has 2 heterocycles. The Hall–Kier alpha value is -2.37. The van der Waals surface area contributed by atoms with Crippen LogP contribution in [0.4, 0.5) is 8.78 Å². The molecule has 0 spiro atoms. The molecule has 0 bridgehead atoms. The van der Waals surface area contributed by atoms with E-state index in [9.17, 15) is 13.6 Å². The maximum absolute atomic E-state index is 12.9. The second-order valence-electron chi connectivity index (χ2n) is 6.71. The van der Waals surface area contributed by atoms with E-state index in [1.807, 2.05) is 37.4 Å². The molecule has 1 amide bonds. The number of hydrogen-bond donors (Lipinski definition) is 1. The lowest BCUT2D eigenvalue weighted by atomic mass is 10.1. The molecule has 26 heavy (non-hydrogen) atoms. The zero-order chi connectivity index (χ0) is 18.5. The van der Waals surface area contributed by atoms with Gasteiger partial charge in [-0.3, -0.25) is 4.79 Å². The highest BCUT2D eigenvalue weighted by atomic mass is 19.3. The van der Waals surface area contributed by atoms with E-state index in [4.69, 9.17) is 4.74 Å². The number of nitrogens with zero attached hydrogens (tertiary/aromatic N) is 1. The summed E-state index contributed by atoms with van der Waals surface area (Å²) in [5, 5.41) is 1.08. The summed E-state index contributed by atoms with van der Waals surface area (Å²) in [6, 6.07) is 6.02. The Morgan fingerprint density at radius 1 is 1.42 bits per heavy atom. The average Bonchev–Trinajstić information content (AvgIpc) is 3.04. The van der Waals surface area contributed by atoms with Gasteiger partial charge in [0.15, 0.2) is 0 Å². The first kappa shape index (κ1) is 18.4. The van der Waals surface area contributed by atoms with Crippen LogP contribution in [0.25, 0.3) is 10.9 Å². The zero-order valence-corrected chi connectivity index (χ0v) is 14.9. The number of ether oxygens (including phenoxy) is 1. The molecule has 4 nitrogen and oxygen atoms in total. The van der Waals surface area contributed by atoms with E-state index in [0.29, 0.717) is 6.42 Å². The number of aryl methyl sites for hydroxylation is 2. The SMILES string of the molecule is Cc1cccc2c(CCC(=O)N(CC(F)F)C[C@H]3CCC=CO3)c[nH]c12. The van der Waals surface area contributed by atoms with Crippen LogP contribution in [-0.2, 0) is 16.0 Å². The summed E-state index contributed by atoms with van der Waals surface area (Å²) in [5.41, 5.74) is 3.23. The maximum atomic E-state index is 12.9. The number of H-pyrrole nitrogens is 1. The van der Waals surface area contributed by atoms with Crippen molar-refractivity contribution in [1.29, 1.82) is 0 Å². The van der Waals surface area contributed by atoms with Gasteiger partial charge in [0.2, 0.25) is 5.91 Å². The summed E-state index contributed by atoms with van der Waals surface area (Å²) in [6.07, 6.45) is 4.94. The summed E-state index contributed by atoms with van der Waals surface area (Å²) in [4.78, 5) is 17.0. The summed E-state index contributed by atoms with van der Waals surface area (Å²) in [5.74, 6) is -0.259. The highest BCUT2D eigenvalue weighted by Crippen LogP contribution is 2.23. The second kappa shape index (κ2) is 8.34. The van der Waals surface area contributed by atoms with E-state index < -0.39 is 13.0 Å². The van der Waals surface area contributed by atoms with Crippen molar-refractivity contribution in [2.45, 2.75) is 45.1 Å². The molecule has 0 fully saturated rings. The normalized spacial score (nSPS) is 16.8. The molecule has 0 saturated heterocycles. The summed E-state index contributed by atoms with van der Waals surface area (Å²) in [6.45, 7) is 1.69. The van der Waals surface area contributed by atoms with Crippen molar-refractivity contribution >= 4 is 16.8 Å². The smallest absolute Gasteiger partial charge is 0.255 e. The van der Waals surface area contributed by atoms with Crippen LogP contribution in [0.3, 0.4) is 0 Å². The first-order chi connectivity index (χ1) is 12.5. The lowest BCUT2D eigenvalue weighted by Gasteiger charge is -2.28. The van der Waals surface area contributed by atoms with Gasteiger partial charge in [0.1, 0.15) is 6.10 Å². The van der Waals surface area contributed by atoms with Crippen molar-refractivity contribution in [3.05, 3.63) is 47.9 Å². The van der Waals surface area contributed by atoms with Crippen LogP contribution in [0.2, 0.25) is 0 Å². The highest BCUT2D eigenvalue weighted by molar-refractivity contribution is 5.86. The Morgan fingerprint density at radius 3 is 3.00 bits per heavy atom. The number of nitrogens with one attached hydrogen (secondary N) is 1. The predicted molar refractivity (Wildman–Crippen MR) is 97.2 cm³/mol. The van der Waals surface area contributed by atoms with Gasteiger partial charge in [0.25, 0.3) is 6.43 Å². The molecule has 1 N–H and O–H groups in total. The van der Waals surface area contributed by atoms with Gasteiger partial charge in [-0.05, 0) is 43.4 Å². The molecule has 1 aliphatic rings. The Balaban J connectivity index is 1.64. The van der Waals surface area contributed by atoms with Crippen LogP contribution in [0, 0.1) is 6.92 Å². The fourth-order valence-electron chi connectivity index (χ4n) is 3.38. The number of halogens is 2. The van der Waals surface area contributed by atoms with Crippen molar-refractivity contribution in [2.24, 2.45) is 0 Å². The molecule has 140 valence electrons. The number of fused-ring (bicyclic) bond motifs is 1. The van der Waals surface area contributed by atoms with Gasteiger partial charge in [-0.15, -0.1) is 0 Å². The van der Waals surface area contributed by atoms with Gasteiger partial charge >= 0.3 is 0 Å². The van der Waals surface area contributed by atoms with Crippen molar-refractivity contribution in [1.82, 2.24) is 9.88 Å². The van der Waals surface area contributed by atoms with Gasteiger partial charge in [0, 0.05) is 23.5 Å². The minimum absolute atomic E-state index is 0.205. The number of carbonyl (C=O) groups excluding carboxylic acids is 1. The van der Waals surface area contributed by atoms with E-state index in [0.717, 1.165) is 34.9 Å². The molecule has 1 atom stereocenters. The number of carbonyl (C=O) groups is 1. The first-order valence-corrected chi connectivity index (χ1v) is 8.96. The standard InChI is InChI=1S/C20H24F2N2O2/c1-14-5-4-7-17-15(11-23-20(14)17)8-9-19(25)24(13-18(21)22)12-16-6-2-3-10-26-16/h3-5,7,10-11,16,18,23H,2,6,8-9,12-13H2,1H3/t16-/m1/s1. The minimum Gasteiger partial charge on any atom is -0.497 e. The number of aromatic nitrogens is 1. The van der Waals surface area contributed by atoms with E-state index in [1.54, 1.807) is 6.26 Å². The van der Waals surface area contributed by atoms with Crippen LogP contribution in [-0.4, -0.2) is 41.4 Å². The largest absolute Gasteiger partial charge is 0.497 e. The maximum Gasteiger partial charge on any atom is 0.255 e. The van der Waals surface area contributed by atoms with E-state index >= 15 is 0 Å². The molecule has 0 aliphatic carbocycles. The molecule has 6 heteroatoms. The average molecular weight is 362 g/mol. The Morgan fingerprint density at radius 2 is 2.27 bits per heavy atom. The Labute approximate surface area is 151 Å². The molecule has 0 unspecified atom stereocenters. The van der Waals surface area contributed by atoms with Crippen molar-refractivity contribution < 1.29 is 18.3 Å². The third-order valence-corrected chi connectivity index (χ3v) is 4.78. The van der Waals surface area contributed by atoms with Gasteiger partial charge < -0.3 is 14.6 Å². The van der Waals surface area contributed by atoms with E-state index in [2.05, 4.69) is 4.98 Å². The summed E-state index contributed by atoms with van der Waals surface area (Å²) in [7, 11) is 0. The summed E-state index contributed by atoms with van der Waals surface area (Å²) >= 11 is 0. The molecular formula is C20H24F2N2O2. The quantitative estimate of drug-likeness (QED) is 0.802. The third-order valence-electron chi connectivity index (χ3n) is 4.78. The van der Waals surface area contributed by atoms with Crippen molar-refractivity contribution in [3.63, 3.8) is 0 Å². The monoisotopic (exact) mass is 362 g/mol. The third kappa shape index (κ3) is 4.42. The van der Waals surface area contributed by atoms with Gasteiger partial charge in [0.05, 0.1) is 19.4 Å². The van der Waals surface area contributed by atoms with Crippen LogP contribution in [0.5, 0.6) is 0 Å². The Bertz CT molecular complexity index is 785. The van der Waals surface area contributed by atoms with Gasteiger partial charge in [-0.25, -0.2) is 8.78 Å². The number of alkyl halides is 2. The Kier molecular flexibility index (Phi) is 5.91. The zero-order valence-electron chi connectivity index (χ0n) is 14.9. The summed E-state index contributed by atoms with van der Waals surface area (Å²) < 4.78 is 31.3. The van der Waals surface area contributed by atoms with Crippen molar-refractivity contribution in [2.75, 3.05) is 13.1 Å². The molecular weight excluding hydrogens is 338 g/mol. The molecule has 0 saturated carbocycles. The van der Waals surface area contributed by atoms with E-state index in [-0.39, 0.29) is 25.0 Å². The fraction of sp³-hybridized carbons (Fsp3) is 0.450. The minimum atomic E-state index is -2.55. The van der Waals surface area contributed by atoms with Crippen molar-refractivity contribution in [3.8, 4) is 0 Å². The predicted octanol–water partition coefficient (Wildman–Crippen LogP) is 4.20.